The zero-order valence-corrected chi connectivity index (χ0v) is 11.4. The van der Waals surface area contributed by atoms with Crippen LogP contribution in [0.2, 0.25) is 0 Å². The summed E-state index contributed by atoms with van der Waals surface area (Å²) in [6.45, 7) is 3.59. The number of aliphatic hydroxyl groups excluding tert-OH is 1. The van der Waals surface area contributed by atoms with Crippen LogP contribution in [-0.2, 0) is 9.09 Å². The van der Waals surface area contributed by atoms with Crippen molar-refractivity contribution in [2.75, 3.05) is 6.61 Å². The lowest BCUT2D eigenvalue weighted by Crippen LogP contribution is -2.10. The highest BCUT2D eigenvalue weighted by molar-refractivity contribution is 7.71. The summed E-state index contributed by atoms with van der Waals surface area (Å²) in [6, 6.07) is 10.3. The summed E-state index contributed by atoms with van der Waals surface area (Å²) in [5, 5.41) is 19.1. The minimum Gasteiger partial charge on any atom is -0.511 e. The summed E-state index contributed by atoms with van der Waals surface area (Å²) in [5.74, 6) is -0.182. The van der Waals surface area contributed by atoms with Crippen molar-refractivity contribution in [1.82, 2.24) is 0 Å². The Labute approximate surface area is 107 Å². The molecule has 18 heavy (non-hydrogen) atoms. The molecule has 0 bridgehead atoms. The average molecular weight is 265 g/mol. The van der Waals surface area contributed by atoms with Gasteiger partial charge in [0, 0.05) is 11.7 Å². The first-order valence-corrected chi connectivity index (χ1v) is 7.35. The van der Waals surface area contributed by atoms with Gasteiger partial charge in [-0.25, -0.2) is 0 Å². The molecule has 0 aliphatic rings. The SMILES string of the molecule is CCO[P@](=O)(/C(C#N)=C(/O)CC)c1ccccc1. The number of hydrogen-bond acceptors (Lipinski definition) is 4. The van der Waals surface area contributed by atoms with Crippen molar-refractivity contribution in [3.05, 3.63) is 41.4 Å². The quantitative estimate of drug-likeness (QED) is 0.503. The second-order valence-electron chi connectivity index (χ2n) is 3.57. The number of rotatable bonds is 5. The molecule has 0 aromatic heterocycles. The Morgan fingerprint density at radius 1 is 1.39 bits per heavy atom. The standard InChI is InChI=1S/C13H16NO3P/c1-3-12(15)13(10-14)18(16,17-4-2)11-8-6-5-7-9-11/h5-9,15H,3-4H2,1-2H3/b13-12+/t18-/m0/s1. The van der Waals surface area contributed by atoms with Crippen molar-refractivity contribution in [3.8, 4) is 6.07 Å². The lowest BCUT2D eigenvalue weighted by Gasteiger charge is -2.18. The molecule has 96 valence electrons. The van der Waals surface area contributed by atoms with Gasteiger partial charge in [0.1, 0.15) is 11.8 Å². The molecule has 1 N–H and O–H groups in total. The van der Waals surface area contributed by atoms with Gasteiger partial charge >= 0.3 is 0 Å². The molecular formula is C13H16NO3P. The van der Waals surface area contributed by atoms with Crippen LogP contribution < -0.4 is 5.30 Å². The van der Waals surface area contributed by atoms with E-state index in [-0.39, 0.29) is 24.1 Å². The first kappa shape index (κ1) is 14.5. The number of nitriles is 1. The van der Waals surface area contributed by atoms with Crippen molar-refractivity contribution in [2.45, 2.75) is 20.3 Å². The van der Waals surface area contributed by atoms with Crippen LogP contribution in [0.1, 0.15) is 20.3 Å². The van der Waals surface area contributed by atoms with Gasteiger partial charge < -0.3 is 9.63 Å². The maximum absolute atomic E-state index is 12.9. The van der Waals surface area contributed by atoms with Gasteiger partial charge in [0.25, 0.3) is 7.37 Å². The largest absolute Gasteiger partial charge is 0.511 e. The molecule has 0 aliphatic carbocycles. The predicted octanol–water partition coefficient (Wildman–Crippen LogP) is 3.33. The summed E-state index contributed by atoms with van der Waals surface area (Å²) >= 11 is 0. The fraction of sp³-hybridized carbons (Fsp3) is 0.308. The molecule has 1 aromatic carbocycles. The van der Waals surface area contributed by atoms with E-state index < -0.39 is 7.37 Å². The van der Waals surface area contributed by atoms with Crippen LogP contribution in [0, 0.1) is 11.3 Å². The molecule has 0 spiro atoms. The van der Waals surface area contributed by atoms with E-state index >= 15 is 0 Å². The van der Waals surface area contributed by atoms with Crippen LogP contribution in [0.4, 0.5) is 0 Å². The summed E-state index contributed by atoms with van der Waals surface area (Å²) in [4.78, 5) is 0. The van der Waals surface area contributed by atoms with Crippen molar-refractivity contribution in [3.63, 3.8) is 0 Å². The lowest BCUT2D eigenvalue weighted by atomic mass is 10.4. The number of allylic oxidation sites excluding steroid dienone is 2. The summed E-state index contributed by atoms with van der Waals surface area (Å²) in [5.41, 5.74) is 0. The highest BCUT2D eigenvalue weighted by Gasteiger charge is 2.33. The maximum Gasteiger partial charge on any atom is 0.274 e. The molecule has 4 nitrogen and oxygen atoms in total. The Kier molecular flexibility index (Phi) is 5.15. The van der Waals surface area contributed by atoms with Crippen molar-refractivity contribution < 1.29 is 14.2 Å². The number of hydrogen-bond donors (Lipinski definition) is 1. The van der Waals surface area contributed by atoms with Gasteiger partial charge in [0.15, 0.2) is 5.31 Å². The predicted molar refractivity (Wildman–Crippen MR) is 70.9 cm³/mol. The Bertz CT molecular complexity index is 517. The third-order valence-corrected chi connectivity index (χ3v) is 4.96. The monoisotopic (exact) mass is 265 g/mol. The van der Waals surface area contributed by atoms with E-state index in [2.05, 4.69) is 0 Å². The van der Waals surface area contributed by atoms with Crippen LogP contribution in [0.3, 0.4) is 0 Å². The van der Waals surface area contributed by atoms with Crippen LogP contribution in [0.25, 0.3) is 0 Å². The Hall–Kier alpha value is -1.56. The van der Waals surface area contributed by atoms with Gasteiger partial charge in [-0.05, 0) is 19.1 Å². The van der Waals surface area contributed by atoms with E-state index in [0.717, 1.165) is 0 Å². The van der Waals surface area contributed by atoms with E-state index in [4.69, 9.17) is 9.79 Å². The maximum atomic E-state index is 12.9. The molecule has 0 heterocycles. The van der Waals surface area contributed by atoms with Gasteiger partial charge in [-0.3, -0.25) is 4.57 Å². The molecule has 0 unspecified atom stereocenters. The van der Waals surface area contributed by atoms with Gasteiger partial charge in [-0.1, -0.05) is 25.1 Å². The van der Waals surface area contributed by atoms with E-state index in [1.54, 1.807) is 44.2 Å². The van der Waals surface area contributed by atoms with Gasteiger partial charge in [0.05, 0.1) is 6.61 Å². The normalized spacial score (nSPS) is 15.4. The summed E-state index contributed by atoms with van der Waals surface area (Å²) in [7, 11) is -3.49. The van der Waals surface area contributed by atoms with Crippen molar-refractivity contribution >= 4 is 12.7 Å². The minimum atomic E-state index is -3.49. The van der Waals surface area contributed by atoms with Crippen molar-refractivity contribution in [2.24, 2.45) is 0 Å². The molecule has 5 heteroatoms. The average Bonchev–Trinajstić information content (AvgIpc) is 2.40. The van der Waals surface area contributed by atoms with E-state index in [1.807, 2.05) is 6.07 Å². The van der Waals surface area contributed by atoms with Crippen LogP contribution in [0.15, 0.2) is 41.4 Å². The molecule has 0 saturated carbocycles. The molecule has 1 atom stereocenters. The van der Waals surface area contributed by atoms with Gasteiger partial charge in [-0.2, -0.15) is 5.26 Å². The molecule has 0 radical (unpaired) electrons. The van der Waals surface area contributed by atoms with Crippen molar-refractivity contribution in [1.29, 1.82) is 5.26 Å². The molecule has 0 saturated heterocycles. The molecule has 1 rings (SSSR count). The van der Waals surface area contributed by atoms with Crippen LogP contribution >= 0.6 is 7.37 Å². The zero-order chi connectivity index (χ0) is 13.6. The third kappa shape index (κ3) is 2.81. The van der Waals surface area contributed by atoms with E-state index in [0.29, 0.717) is 5.30 Å². The Morgan fingerprint density at radius 2 is 2.00 bits per heavy atom. The number of nitrogens with zero attached hydrogens (tertiary/aromatic N) is 1. The zero-order valence-electron chi connectivity index (χ0n) is 10.5. The third-order valence-electron chi connectivity index (χ3n) is 2.42. The fourth-order valence-corrected chi connectivity index (χ4v) is 3.64. The van der Waals surface area contributed by atoms with Crippen LogP contribution in [0.5, 0.6) is 0 Å². The molecule has 1 aromatic rings. The number of aliphatic hydroxyl groups is 1. The highest BCUT2D eigenvalue weighted by atomic mass is 31.2. The smallest absolute Gasteiger partial charge is 0.274 e. The Balaban J connectivity index is 3.43. The Morgan fingerprint density at radius 3 is 2.44 bits per heavy atom. The first-order valence-electron chi connectivity index (χ1n) is 5.73. The molecular weight excluding hydrogens is 249 g/mol. The fourth-order valence-electron chi connectivity index (χ4n) is 1.54. The van der Waals surface area contributed by atoms with Gasteiger partial charge in [0.2, 0.25) is 0 Å². The van der Waals surface area contributed by atoms with Gasteiger partial charge in [-0.15, -0.1) is 0 Å². The summed E-state index contributed by atoms with van der Waals surface area (Å²) < 4.78 is 18.2. The summed E-state index contributed by atoms with van der Waals surface area (Å²) in [6.07, 6.45) is 0.243. The molecule has 0 aliphatic heterocycles. The molecule has 0 amide bonds. The lowest BCUT2D eigenvalue weighted by molar-refractivity contribution is 0.341. The second-order valence-corrected chi connectivity index (χ2v) is 5.89. The minimum absolute atomic E-state index is 0.168. The second kappa shape index (κ2) is 6.39. The van der Waals surface area contributed by atoms with Crippen LogP contribution in [-0.4, -0.2) is 11.7 Å². The van der Waals surface area contributed by atoms with E-state index in [1.165, 1.54) is 0 Å². The molecule has 0 fully saturated rings. The topological polar surface area (TPSA) is 70.3 Å². The number of benzene rings is 1. The highest BCUT2D eigenvalue weighted by Crippen LogP contribution is 2.54. The first-order chi connectivity index (χ1) is 8.60. The van der Waals surface area contributed by atoms with E-state index in [9.17, 15) is 9.67 Å².